The van der Waals surface area contributed by atoms with E-state index in [2.05, 4.69) is 10.5 Å². The van der Waals surface area contributed by atoms with Gasteiger partial charge in [0.1, 0.15) is 17.1 Å². The number of carboxylic acid groups (broad SMARTS) is 2. The zero-order chi connectivity index (χ0) is 27.4. The largest absolute Gasteiger partial charge is 0.478 e. The molecule has 38 heavy (non-hydrogen) atoms. The summed E-state index contributed by atoms with van der Waals surface area (Å²) in [5, 5.41) is 25.0. The summed E-state index contributed by atoms with van der Waals surface area (Å²) in [7, 11) is 0. The first-order chi connectivity index (χ1) is 18.2. The summed E-state index contributed by atoms with van der Waals surface area (Å²) < 4.78 is 10.1. The maximum Gasteiger partial charge on any atom is 0.352 e. The minimum Gasteiger partial charge on any atom is -0.478 e. The molecule has 2 fully saturated rings. The molecule has 0 unspecified atom stereocenters. The van der Waals surface area contributed by atoms with Crippen molar-refractivity contribution in [3.8, 4) is 0 Å². The Hall–Kier alpha value is -4.07. The van der Waals surface area contributed by atoms with Gasteiger partial charge in [-0.25, -0.2) is 14.4 Å². The average Bonchev–Trinajstić information content (AvgIpc) is 3.59. The maximum absolute atomic E-state index is 13.2. The fourth-order valence-electron chi connectivity index (χ4n) is 4.37. The highest BCUT2D eigenvalue weighted by Crippen LogP contribution is 2.41. The number of carbonyl (C=O) groups is 5. The number of β-lactam (4-membered cyclic amide) rings is 1. The molecule has 2 aliphatic heterocycles. The molecule has 4 rings (SSSR count). The molecule has 2 amide bonds. The monoisotopic (exact) mass is 547 g/mol. The van der Waals surface area contributed by atoms with Crippen molar-refractivity contribution in [2.75, 3.05) is 12.4 Å². The van der Waals surface area contributed by atoms with Crippen molar-refractivity contribution in [2.45, 2.75) is 49.6 Å². The number of carbonyl (C=O) groups excluding carboxylic acids is 3. The number of oxime groups is 1. The van der Waals surface area contributed by atoms with Crippen molar-refractivity contribution >= 4 is 47.2 Å². The molecular weight excluding hydrogens is 522 g/mol. The number of hydrogen-bond donors (Lipinski definition) is 3. The van der Waals surface area contributed by atoms with Crippen LogP contribution in [0.25, 0.3) is 0 Å². The molecular formula is C24H25N3O10S. The van der Waals surface area contributed by atoms with E-state index in [0.29, 0.717) is 12.8 Å². The standard InChI is InChI=1S/C24H25N3O10S/c1-2-35-15(28)8-7-13-12-38-21-17(20(30)27(21)18(13)22(31)32)25-19(29)16(14-6-5-11-36-14)26-37-24(23(33)34)9-3-4-10-24/h5-8,11,17,21H,2-4,9-10,12H2,1H3,(H,25,29)(H,31,32)(H,33,34)/t17-,21-/m1/s1. The second kappa shape index (κ2) is 11.1. The van der Waals surface area contributed by atoms with Crippen molar-refractivity contribution in [2.24, 2.45) is 5.16 Å². The van der Waals surface area contributed by atoms with Crippen LogP contribution in [0.15, 0.2) is 51.4 Å². The topological polar surface area (TPSA) is 185 Å². The van der Waals surface area contributed by atoms with Crippen LogP contribution in [0.5, 0.6) is 0 Å². The fourth-order valence-corrected chi connectivity index (χ4v) is 5.69. The number of nitrogens with one attached hydrogen (secondary N) is 1. The van der Waals surface area contributed by atoms with Gasteiger partial charge in [-0.2, -0.15) is 0 Å². The molecule has 0 spiro atoms. The number of rotatable bonds is 10. The van der Waals surface area contributed by atoms with Crippen LogP contribution in [0, 0.1) is 0 Å². The highest BCUT2D eigenvalue weighted by molar-refractivity contribution is 8.00. The first-order valence-electron chi connectivity index (χ1n) is 11.8. The van der Waals surface area contributed by atoms with Crippen molar-refractivity contribution in [3.63, 3.8) is 0 Å². The van der Waals surface area contributed by atoms with Crippen LogP contribution in [0.2, 0.25) is 0 Å². The molecule has 13 nitrogen and oxygen atoms in total. The van der Waals surface area contributed by atoms with E-state index < -0.39 is 46.7 Å². The Morgan fingerprint density at radius 2 is 2.03 bits per heavy atom. The highest BCUT2D eigenvalue weighted by Gasteiger charge is 2.54. The van der Waals surface area contributed by atoms with Gasteiger partial charge in [-0.15, -0.1) is 11.8 Å². The van der Waals surface area contributed by atoms with E-state index in [4.69, 9.17) is 14.0 Å². The second-order valence-electron chi connectivity index (χ2n) is 8.64. The van der Waals surface area contributed by atoms with Crippen molar-refractivity contribution in [3.05, 3.63) is 47.6 Å². The number of esters is 1. The predicted octanol–water partition coefficient (Wildman–Crippen LogP) is 1.26. The van der Waals surface area contributed by atoms with Crippen LogP contribution in [-0.4, -0.2) is 79.9 Å². The number of allylic oxidation sites excluding steroid dienone is 1. The number of carboxylic acids is 2. The van der Waals surface area contributed by atoms with Gasteiger partial charge >= 0.3 is 17.9 Å². The normalized spacial score (nSPS) is 22.6. The smallest absolute Gasteiger partial charge is 0.352 e. The fraction of sp³-hybridized carbons (Fsp3) is 0.417. The number of amides is 2. The molecule has 0 radical (unpaired) electrons. The molecule has 202 valence electrons. The van der Waals surface area contributed by atoms with Gasteiger partial charge in [0.2, 0.25) is 11.3 Å². The lowest BCUT2D eigenvalue weighted by atomic mass is 10.0. The van der Waals surface area contributed by atoms with Crippen LogP contribution in [0.1, 0.15) is 38.4 Å². The van der Waals surface area contributed by atoms with Crippen LogP contribution >= 0.6 is 11.8 Å². The number of thioether (sulfide) groups is 1. The second-order valence-corrected chi connectivity index (χ2v) is 9.75. The van der Waals surface area contributed by atoms with Gasteiger partial charge in [0.15, 0.2) is 5.76 Å². The zero-order valence-corrected chi connectivity index (χ0v) is 21.1. The van der Waals surface area contributed by atoms with Crippen molar-refractivity contribution in [1.29, 1.82) is 0 Å². The molecule has 14 heteroatoms. The maximum atomic E-state index is 13.2. The zero-order valence-electron chi connectivity index (χ0n) is 20.2. The van der Waals surface area contributed by atoms with Crippen molar-refractivity contribution in [1.82, 2.24) is 10.2 Å². The SMILES string of the molecule is CCOC(=O)C=CC1=C(C(=O)O)N2C(=O)[C@@H](NC(=O)C(=NOC3(C(=O)O)CCCC3)c3ccco3)[C@H]2SC1. The molecule has 1 aliphatic carbocycles. The Labute approximate surface area is 220 Å². The first-order valence-corrected chi connectivity index (χ1v) is 12.8. The van der Waals surface area contributed by atoms with Crippen molar-refractivity contribution < 1.29 is 48.2 Å². The summed E-state index contributed by atoms with van der Waals surface area (Å²) in [5.74, 6) is -4.58. The Balaban J connectivity index is 1.53. The van der Waals surface area contributed by atoms with Gasteiger partial charge < -0.3 is 29.5 Å². The summed E-state index contributed by atoms with van der Waals surface area (Å²) in [4.78, 5) is 68.0. The Kier molecular flexibility index (Phi) is 7.90. The molecule has 1 saturated heterocycles. The average molecular weight is 548 g/mol. The number of furan rings is 1. The quantitative estimate of drug-likeness (QED) is 0.126. The van der Waals surface area contributed by atoms with Crippen LogP contribution in [0.4, 0.5) is 0 Å². The summed E-state index contributed by atoms with van der Waals surface area (Å²) >= 11 is 1.20. The summed E-state index contributed by atoms with van der Waals surface area (Å²) in [5.41, 5.74) is -1.97. The third-order valence-corrected chi connectivity index (χ3v) is 7.58. The minimum atomic E-state index is -1.56. The molecule has 2 atom stereocenters. The Morgan fingerprint density at radius 1 is 1.29 bits per heavy atom. The first kappa shape index (κ1) is 27.0. The molecule has 1 saturated carbocycles. The Bertz CT molecular complexity index is 1230. The van der Waals surface area contributed by atoms with Crippen LogP contribution in [-0.2, 0) is 33.5 Å². The van der Waals surface area contributed by atoms with Gasteiger partial charge in [0.25, 0.3) is 11.8 Å². The summed E-state index contributed by atoms with van der Waals surface area (Å²) in [6, 6.07) is 1.85. The van der Waals surface area contributed by atoms with E-state index in [9.17, 15) is 34.2 Å². The van der Waals surface area contributed by atoms with Crippen LogP contribution in [0.3, 0.4) is 0 Å². The number of fused-ring (bicyclic) bond motifs is 1. The molecule has 1 aromatic rings. The summed E-state index contributed by atoms with van der Waals surface area (Å²) in [6.07, 6.45) is 5.40. The van der Waals surface area contributed by atoms with E-state index >= 15 is 0 Å². The lowest BCUT2D eigenvalue weighted by molar-refractivity contribution is -0.165. The van der Waals surface area contributed by atoms with Gasteiger partial charge in [-0.3, -0.25) is 14.5 Å². The molecule has 0 aromatic carbocycles. The van der Waals surface area contributed by atoms with Gasteiger partial charge in [0, 0.05) is 24.7 Å². The number of aliphatic carboxylic acids is 2. The molecule has 1 aromatic heterocycles. The lowest BCUT2D eigenvalue weighted by Crippen LogP contribution is -2.71. The lowest BCUT2D eigenvalue weighted by Gasteiger charge is -2.49. The molecule has 0 bridgehead atoms. The number of nitrogens with zero attached hydrogens (tertiary/aromatic N) is 2. The van der Waals surface area contributed by atoms with Crippen LogP contribution < -0.4 is 5.32 Å². The number of ether oxygens (including phenoxy) is 1. The number of hydrogen-bond acceptors (Lipinski definition) is 10. The van der Waals surface area contributed by atoms with E-state index in [-0.39, 0.29) is 47.9 Å². The van der Waals surface area contributed by atoms with Gasteiger partial charge in [0.05, 0.1) is 12.9 Å². The molecule has 3 N–H and O–H groups in total. The van der Waals surface area contributed by atoms with Gasteiger partial charge in [-0.05, 0) is 43.5 Å². The van der Waals surface area contributed by atoms with E-state index in [0.717, 1.165) is 11.0 Å². The van der Waals surface area contributed by atoms with E-state index in [1.54, 1.807) is 6.92 Å². The Morgan fingerprint density at radius 3 is 2.63 bits per heavy atom. The predicted molar refractivity (Wildman–Crippen MR) is 131 cm³/mol. The van der Waals surface area contributed by atoms with Gasteiger partial charge in [-0.1, -0.05) is 5.16 Å². The van der Waals surface area contributed by atoms with E-state index in [1.165, 1.54) is 36.2 Å². The third-order valence-electron chi connectivity index (χ3n) is 6.28. The van der Waals surface area contributed by atoms with E-state index in [1.807, 2.05) is 0 Å². The highest BCUT2D eigenvalue weighted by atomic mass is 32.2. The summed E-state index contributed by atoms with van der Waals surface area (Å²) in [6.45, 7) is 1.79. The molecule has 3 heterocycles. The molecule has 3 aliphatic rings. The minimum absolute atomic E-state index is 0.00142. The third kappa shape index (κ3) is 5.16.